The fourth-order valence-corrected chi connectivity index (χ4v) is 2.45. The summed E-state index contributed by atoms with van der Waals surface area (Å²) in [7, 11) is 2.21. The fourth-order valence-electron chi connectivity index (χ4n) is 2.45. The predicted octanol–water partition coefficient (Wildman–Crippen LogP) is 2.76. The smallest absolute Gasteiger partial charge is 0.126 e. The molecular weight excluding hydrogens is 224 g/mol. The second-order valence-corrected chi connectivity index (χ2v) is 5.44. The summed E-state index contributed by atoms with van der Waals surface area (Å²) >= 11 is 0. The molecule has 1 saturated heterocycles. The zero-order valence-electron chi connectivity index (χ0n) is 11.6. The van der Waals surface area contributed by atoms with Crippen molar-refractivity contribution in [2.75, 3.05) is 20.1 Å². The molecule has 18 heavy (non-hydrogen) atoms. The number of nitrogens with one attached hydrogen (secondary N) is 1. The van der Waals surface area contributed by atoms with E-state index in [1.165, 1.54) is 25.0 Å². The standard InChI is InChI=1S/C15H24N2O/c1-12(9-15-5-4-8-18-15)11-16-14-6-7-17(3)13(2)10-14/h4-5,8-9,13-14,16H,6-7,10-11H2,1-3H3/b12-9+. The van der Waals surface area contributed by atoms with Crippen molar-refractivity contribution in [3.05, 3.63) is 29.7 Å². The van der Waals surface area contributed by atoms with Gasteiger partial charge < -0.3 is 14.6 Å². The first-order valence-electron chi connectivity index (χ1n) is 6.79. The quantitative estimate of drug-likeness (QED) is 0.888. The van der Waals surface area contributed by atoms with Crippen LogP contribution < -0.4 is 5.32 Å². The third-order valence-electron chi connectivity index (χ3n) is 3.81. The van der Waals surface area contributed by atoms with Gasteiger partial charge in [0.1, 0.15) is 5.76 Å². The maximum atomic E-state index is 5.32. The SMILES string of the molecule is C/C(=C\c1ccco1)CNC1CCN(C)C(C)C1. The molecule has 3 nitrogen and oxygen atoms in total. The van der Waals surface area contributed by atoms with Gasteiger partial charge >= 0.3 is 0 Å². The van der Waals surface area contributed by atoms with Crippen molar-refractivity contribution in [1.29, 1.82) is 0 Å². The van der Waals surface area contributed by atoms with Gasteiger partial charge in [-0.3, -0.25) is 0 Å². The van der Waals surface area contributed by atoms with Crippen LogP contribution in [0.5, 0.6) is 0 Å². The number of rotatable bonds is 4. The van der Waals surface area contributed by atoms with Crippen molar-refractivity contribution >= 4 is 6.08 Å². The van der Waals surface area contributed by atoms with E-state index >= 15 is 0 Å². The topological polar surface area (TPSA) is 28.4 Å². The van der Waals surface area contributed by atoms with E-state index in [2.05, 4.69) is 37.2 Å². The lowest BCUT2D eigenvalue weighted by Gasteiger charge is -2.35. The van der Waals surface area contributed by atoms with Gasteiger partial charge in [0.05, 0.1) is 6.26 Å². The van der Waals surface area contributed by atoms with Crippen molar-refractivity contribution in [2.24, 2.45) is 0 Å². The van der Waals surface area contributed by atoms with Gasteiger partial charge in [-0.15, -0.1) is 0 Å². The van der Waals surface area contributed by atoms with Crippen molar-refractivity contribution in [3.63, 3.8) is 0 Å². The van der Waals surface area contributed by atoms with E-state index in [4.69, 9.17) is 4.42 Å². The molecule has 0 saturated carbocycles. The summed E-state index contributed by atoms with van der Waals surface area (Å²) in [5.41, 5.74) is 1.32. The van der Waals surface area contributed by atoms with Crippen LogP contribution in [0.1, 0.15) is 32.4 Å². The zero-order chi connectivity index (χ0) is 13.0. The molecule has 2 heterocycles. The van der Waals surface area contributed by atoms with Crippen LogP contribution in [0.4, 0.5) is 0 Å². The molecule has 1 aromatic rings. The number of nitrogens with zero attached hydrogens (tertiary/aromatic N) is 1. The summed E-state index contributed by atoms with van der Waals surface area (Å²) < 4.78 is 5.32. The Morgan fingerprint density at radius 3 is 3.11 bits per heavy atom. The maximum Gasteiger partial charge on any atom is 0.126 e. The molecule has 0 aromatic carbocycles. The van der Waals surface area contributed by atoms with E-state index in [-0.39, 0.29) is 0 Å². The van der Waals surface area contributed by atoms with Gasteiger partial charge in [-0.05, 0) is 58.5 Å². The van der Waals surface area contributed by atoms with Gasteiger partial charge in [0.25, 0.3) is 0 Å². The van der Waals surface area contributed by atoms with Crippen molar-refractivity contribution in [1.82, 2.24) is 10.2 Å². The molecular formula is C15H24N2O. The molecule has 1 aliphatic heterocycles. The summed E-state index contributed by atoms with van der Waals surface area (Å²) in [6.07, 6.45) is 6.30. The van der Waals surface area contributed by atoms with Crippen LogP contribution in [-0.2, 0) is 0 Å². The van der Waals surface area contributed by atoms with E-state index < -0.39 is 0 Å². The predicted molar refractivity (Wildman–Crippen MR) is 75.5 cm³/mol. The van der Waals surface area contributed by atoms with Crippen LogP contribution in [0.15, 0.2) is 28.4 Å². The van der Waals surface area contributed by atoms with Gasteiger partial charge in [-0.1, -0.05) is 5.57 Å². The first-order chi connectivity index (χ1) is 8.65. The average Bonchev–Trinajstić information content (AvgIpc) is 2.83. The van der Waals surface area contributed by atoms with Gasteiger partial charge in [-0.25, -0.2) is 0 Å². The molecule has 2 unspecified atom stereocenters. The van der Waals surface area contributed by atoms with E-state index in [9.17, 15) is 0 Å². The number of likely N-dealkylation sites (tertiary alicyclic amines) is 1. The Labute approximate surface area is 110 Å². The third kappa shape index (κ3) is 3.72. The molecule has 0 bridgehead atoms. The Bertz CT molecular complexity index is 383. The van der Waals surface area contributed by atoms with E-state index in [1.807, 2.05) is 12.1 Å². The minimum absolute atomic E-state index is 0.649. The Balaban J connectivity index is 1.78. The van der Waals surface area contributed by atoms with E-state index in [0.717, 1.165) is 12.3 Å². The molecule has 1 aliphatic rings. The minimum Gasteiger partial charge on any atom is -0.465 e. The highest BCUT2D eigenvalue weighted by Crippen LogP contribution is 2.15. The van der Waals surface area contributed by atoms with Crippen molar-refractivity contribution < 1.29 is 4.42 Å². The molecule has 1 fully saturated rings. The lowest BCUT2D eigenvalue weighted by Crippen LogP contribution is -2.45. The van der Waals surface area contributed by atoms with Crippen LogP contribution in [0.25, 0.3) is 6.08 Å². The largest absolute Gasteiger partial charge is 0.465 e. The number of piperidine rings is 1. The fraction of sp³-hybridized carbons (Fsp3) is 0.600. The van der Waals surface area contributed by atoms with Gasteiger partial charge in [0.2, 0.25) is 0 Å². The Hall–Kier alpha value is -1.06. The Morgan fingerprint density at radius 1 is 1.61 bits per heavy atom. The highest BCUT2D eigenvalue weighted by Gasteiger charge is 2.21. The van der Waals surface area contributed by atoms with Gasteiger partial charge in [0.15, 0.2) is 0 Å². The highest BCUT2D eigenvalue weighted by molar-refractivity contribution is 5.46. The second-order valence-electron chi connectivity index (χ2n) is 5.44. The van der Waals surface area contributed by atoms with Crippen LogP contribution in [0.3, 0.4) is 0 Å². The van der Waals surface area contributed by atoms with Crippen molar-refractivity contribution in [3.8, 4) is 0 Å². The second kappa shape index (κ2) is 6.21. The monoisotopic (exact) mass is 248 g/mol. The first kappa shape index (κ1) is 13.4. The third-order valence-corrected chi connectivity index (χ3v) is 3.81. The zero-order valence-corrected chi connectivity index (χ0v) is 11.6. The summed E-state index contributed by atoms with van der Waals surface area (Å²) in [6, 6.07) is 5.24. The molecule has 1 aromatic heterocycles. The minimum atomic E-state index is 0.649. The lowest BCUT2D eigenvalue weighted by atomic mass is 9.99. The molecule has 0 spiro atoms. The van der Waals surface area contributed by atoms with Crippen LogP contribution in [0.2, 0.25) is 0 Å². The molecule has 2 rings (SSSR count). The summed E-state index contributed by atoms with van der Waals surface area (Å²) in [4.78, 5) is 2.43. The number of hydrogen-bond acceptors (Lipinski definition) is 3. The molecule has 100 valence electrons. The molecule has 1 N–H and O–H groups in total. The lowest BCUT2D eigenvalue weighted by molar-refractivity contribution is 0.170. The number of hydrogen-bond donors (Lipinski definition) is 1. The molecule has 0 radical (unpaired) electrons. The van der Waals surface area contributed by atoms with Crippen LogP contribution >= 0.6 is 0 Å². The van der Waals surface area contributed by atoms with Gasteiger partial charge in [0, 0.05) is 18.6 Å². The van der Waals surface area contributed by atoms with Crippen molar-refractivity contribution in [2.45, 2.75) is 38.8 Å². The Morgan fingerprint density at radius 2 is 2.44 bits per heavy atom. The van der Waals surface area contributed by atoms with Crippen LogP contribution in [0, 0.1) is 0 Å². The molecule has 0 aliphatic carbocycles. The molecule has 0 amide bonds. The van der Waals surface area contributed by atoms with E-state index in [0.29, 0.717) is 12.1 Å². The summed E-state index contributed by atoms with van der Waals surface area (Å²) in [5, 5.41) is 3.65. The maximum absolute atomic E-state index is 5.32. The normalized spacial score (nSPS) is 26.5. The average molecular weight is 248 g/mol. The van der Waals surface area contributed by atoms with Gasteiger partial charge in [-0.2, -0.15) is 0 Å². The number of furan rings is 1. The molecule has 2 atom stereocenters. The highest BCUT2D eigenvalue weighted by atomic mass is 16.3. The van der Waals surface area contributed by atoms with E-state index in [1.54, 1.807) is 6.26 Å². The Kier molecular flexibility index (Phi) is 4.61. The summed E-state index contributed by atoms with van der Waals surface area (Å²) in [6.45, 7) is 6.59. The van der Waals surface area contributed by atoms with Crippen LogP contribution in [-0.4, -0.2) is 37.1 Å². The molecule has 3 heteroatoms. The first-order valence-corrected chi connectivity index (χ1v) is 6.79. The summed E-state index contributed by atoms with van der Waals surface area (Å²) in [5.74, 6) is 0.936.